The van der Waals surface area contributed by atoms with Gasteiger partial charge in [0.2, 0.25) is 5.91 Å². The van der Waals surface area contributed by atoms with Gasteiger partial charge in [-0.1, -0.05) is 18.2 Å². The van der Waals surface area contributed by atoms with Crippen molar-refractivity contribution in [3.8, 4) is 5.75 Å². The highest BCUT2D eigenvalue weighted by Crippen LogP contribution is 2.29. The van der Waals surface area contributed by atoms with E-state index < -0.39 is 48.0 Å². The number of carbonyl (C=O) groups excluding carboxylic acids is 1. The van der Waals surface area contributed by atoms with Crippen LogP contribution in [-0.2, 0) is 33.6 Å². The number of nitrogens with one attached hydrogen (secondary N) is 1. The molecular formula is C26H22F9N3O6. The third-order valence-corrected chi connectivity index (χ3v) is 4.79. The van der Waals surface area contributed by atoms with Crippen LogP contribution in [0.15, 0.2) is 72.9 Å². The van der Waals surface area contributed by atoms with E-state index in [1.54, 1.807) is 30.5 Å². The summed E-state index contributed by atoms with van der Waals surface area (Å²) in [4.78, 5) is 34.2. The first kappa shape index (κ1) is 37.2. The quantitative estimate of drug-likeness (QED) is 0.248. The van der Waals surface area contributed by atoms with E-state index >= 15 is 0 Å². The van der Waals surface area contributed by atoms with Gasteiger partial charge in [-0.05, 0) is 60.5 Å². The summed E-state index contributed by atoms with van der Waals surface area (Å²) < 4.78 is 107. The van der Waals surface area contributed by atoms with Crippen LogP contribution in [0.2, 0.25) is 0 Å². The van der Waals surface area contributed by atoms with E-state index in [4.69, 9.17) is 30.3 Å². The van der Waals surface area contributed by atoms with Gasteiger partial charge in [0.05, 0.1) is 17.3 Å². The Hall–Kier alpha value is -4.87. The number of nitrogens with two attached hydrogens (primary N) is 1. The number of amides is 1. The number of alkyl halides is 9. The number of carboxylic acids is 2. The molecule has 2 aromatic carbocycles. The number of nitrogens with zero attached hydrogens (tertiary/aromatic N) is 1. The molecule has 0 unspecified atom stereocenters. The number of halogens is 9. The number of carboxylic acid groups (broad SMARTS) is 2. The minimum atomic E-state index is -5.08. The van der Waals surface area contributed by atoms with Gasteiger partial charge in [0.1, 0.15) is 12.4 Å². The first-order valence-corrected chi connectivity index (χ1v) is 11.7. The van der Waals surface area contributed by atoms with Crippen LogP contribution in [0.25, 0.3) is 0 Å². The Morgan fingerprint density at radius 3 is 1.70 bits per heavy atom. The summed E-state index contributed by atoms with van der Waals surface area (Å²) in [6.07, 6.45) is -12.6. The van der Waals surface area contributed by atoms with Crippen LogP contribution >= 0.6 is 0 Å². The van der Waals surface area contributed by atoms with Crippen LogP contribution in [0.5, 0.6) is 5.75 Å². The van der Waals surface area contributed by atoms with Crippen molar-refractivity contribution >= 4 is 23.5 Å². The van der Waals surface area contributed by atoms with E-state index in [2.05, 4.69) is 10.3 Å². The van der Waals surface area contributed by atoms with Crippen LogP contribution in [0.3, 0.4) is 0 Å². The molecule has 1 amide bonds. The van der Waals surface area contributed by atoms with E-state index in [1.807, 2.05) is 18.2 Å². The summed E-state index contributed by atoms with van der Waals surface area (Å²) in [5.41, 5.74) is 7.04. The molecule has 0 saturated carbocycles. The number of rotatable bonds is 7. The summed E-state index contributed by atoms with van der Waals surface area (Å²) in [6, 6.07) is 16.1. The Morgan fingerprint density at radius 1 is 0.795 bits per heavy atom. The Morgan fingerprint density at radius 2 is 1.30 bits per heavy atom. The maximum atomic E-state index is 12.6. The van der Waals surface area contributed by atoms with E-state index in [0.29, 0.717) is 12.4 Å². The third-order valence-electron chi connectivity index (χ3n) is 4.79. The molecule has 0 fully saturated rings. The van der Waals surface area contributed by atoms with E-state index in [-0.39, 0.29) is 12.1 Å². The highest BCUT2D eigenvalue weighted by Gasteiger charge is 2.39. The first-order chi connectivity index (χ1) is 20.2. The van der Waals surface area contributed by atoms with Crippen molar-refractivity contribution in [3.63, 3.8) is 0 Å². The molecule has 0 saturated heterocycles. The first-order valence-electron chi connectivity index (χ1n) is 11.7. The van der Waals surface area contributed by atoms with Crippen molar-refractivity contribution in [2.75, 3.05) is 5.32 Å². The fourth-order valence-electron chi connectivity index (χ4n) is 2.69. The van der Waals surface area contributed by atoms with Gasteiger partial charge in [0.15, 0.2) is 0 Å². The van der Waals surface area contributed by atoms with Crippen LogP contribution in [0, 0.1) is 0 Å². The van der Waals surface area contributed by atoms with Crippen molar-refractivity contribution < 1.29 is 68.8 Å². The minimum Gasteiger partial charge on any atom is -0.487 e. The predicted octanol–water partition coefficient (Wildman–Crippen LogP) is 5.45. The number of benzene rings is 2. The van der Waals surface area contributed by atoms with Crippen LogP contribution in [-0.4, -0.2) is 51.4 Å². The molecule has 3 aromatic rings. The summed E-state index contributed by atoms with van der Waals surface area (Å²) in [6.45, 7) is 0.342. The molecule has 18 heteroatoms. The molecule has 0 aliphatic rings. The molecule has 240 valence electrons. The largest absolute Gasteiger partial charge is 0.490 e. The lowest BCUT2D eigenvalue weighted by atomic mass is 10.1. The highest BCUT2D eigenvalue weighted by atomic mass is 19.4. The normalized spacial score (nSPS) is 12.0. The van der Waals surface area contributed by atoms with Gasteiger partial charge in [-0.2, -0.15) is 39.5 Å². The van der Waals surface area contributed by atoms with E-state index in [9.17, 15) is 44.3 Å². The second-order valence-electron chi connectivity index (χ2n) is 8.23. The average molecular weight is 643 g/mol. The third kappa shape index (κ3) is 14.3. The summed E-state index contributed by atoms with van der Waals surface area (Å²) in [7, 11) is 0. The zero-order valence-electron chi connectivity index (χ0n) is 21.9. The molecule has 0 bridgehead atoms. The lowest BCUT2D eigenvalue weighted by Gasteiger charge is -2.14. The number of hydrogen-bond acceptors (Lipinski definition) is 6. The molecule has 0 aliphatic heterocycles. The highest BCUT2D eigenvalue weighted by molar-refractivity contribution is 5.94. The van der Waals surface area contributed by atoms with E-state index in [1.165, 1.54) is 12.1 Å². The number of hydrogen-bond donors (Lipinski definition) is 4. The van der Waals surface area contributed by atoms with Crippen LogP contribution in [0.1, 0.15) is 16.8 Å². The predicted molar refractivity (Wildman–Crippen MR) is 134 cm³/mol. The van der Waals surface area contributed by atoms with Crippen LogP contribution < -0.4 is 15.8 Å². The van der Waals surface area contributed by atoms with Crippen molar-refractivity contribution in [2.45, 2.75) is 37.6 Å². The standard InChI is InChI=1S/C22H20F3N3O2.2C2HF3O2/c23-22(24,25)16-6-8-17(9-7-16)28-21(29)20(26)13-15-4-10-19(11-5-15)30-14-18-3-1-2-12-27-18;2*3-2(4,5)1(6)7/h1-12,20H,13-14,26H2,(H,28,29);2*(H,6,7)/t20-;;/m0../s1. The molecule has 0 radical (unpaired) electrons. The Labute approximate surface area is 242 Å². The lowest BCUT2D eigenvalue weighted by Crippen LogP contribution is -2.37. The van der Waals surface area contributed by atoms with Gasteiger partial charge in [0, 0.05) is 11.9 Å². The van der Waals surface area contributed by atoms with Gasteiger partial charge in [-0.3, -0.25) is 9.78 Å². The second kappa shape index (κ2) is 16.1. The van der Waals surface area contributed by atoms with E-state index in [0.717, 1.165) is 23.4 Å². The molecule has 1 aromatic heterocycles. The van der Waals surface area contributed by atoms with Gasteiger partial charge < -0.3 is 26.0 Å². The van der Waals surface area contributed by atoms with Crippen molar-refractivity contribution in [1.29, 1.82) is 0 Å². The Bertz CT molecular complexity index is 1320. The van der Waals surface area contributed by atoms with Gasteiger partial charge >= 0.3 is 30.5 Å². The maximum Gasteiger partial charge on any atom is 0.490 e. The summed E-state index contributed by atoms with van der Waals surface area (Å²) in [5.74, 6) is -5.34. The molecule has 9 nitrogen and oxygen atoms in total. The van der Waals surface area contributed by atoms with Gasteiger partial charge in [0.25, 0.3) is 0 Å². The minimum absolute atomic E-state index is 0.252. The number of anilines is 1. The SMILES string of the molecule is N[C@@H](Cc1ccc(OCc2ccccn2)cc1)C(=O)Nc1ccc(C(F)(F)F)cc1.O=C(O)C(F)(F)F.O=C(O)C(F)(F)F. The number of aliphatic carboxylic acids is 2. The fraction of sp³-hybridized carbons (Fsp3) is 0.231. The molecule has 0 aliphatic carbocycles. The topological polar surface area (TPSA) is 152 Å². The maximum absolute atomic E-state index is 12.6. The molecule has 1 atom stereocenters. The molecular weight excluding hydrogens is 621 g/mol. The number of carbonyl (C=O) groups is 3. The fourth-order valence-corrected chi connectivity index (χ4v) is 2.69. The number of ether oxygens (including phenoxy) is 1. The molecule has 1 heterocycles. The monoisotopic (exact) mass is 643 g/mol. The molecule has 3 rings (SSSR count). The number of aromatic nitrogens is 1. The zero-order valence-corrected chi connectivity index (χ0v) is 21.9. The molecule has 5 N–H and O–H groups in total. The smallest absolute Gasteiger partial charge is 0.487 e. The Balaban J connectivity index is 0.000000574. The lowest BCUT2D eigenvalue weighted by molar-refractivity contribution is -0.193. The average Bonchev–Trinajstić information content (AvgIpc) is 2.92. The van der Waals surface area contributed by atoms with Crippen molar-refractivity contribution in [1.82, 2.24) is 4.98 Å². The van der Waals surface area contributed by atoms with Crippen LogP contribution in [0.4, 0.5) is 45.2 Å². The Kier molecular flexibility index (Phi) is 13.6. The summed E-state index contributed by atoms with van der Waals surface area (Å²) >= 11 is 0. The second-order valence-corrected chi connectivity index (χ2v) is 8.23. The molecule has 0 spiro atoms. The zero-order chi connectivity index (χ0) is 33.7. The van der Waals surface area contributed by atoms with Crippen molar-refractivity contribution in [3.05, 3.63) is 89.7 Å². The molecule has 44 heavy (non-hydrogen) atoms. The summed E-state index contributed by atoms with van der Waals surface area (Å²) in [5, 5.41) is 16.8. The van der Waals surface area contributed by atoms with Gasteiger partial charge in [-0.15, -0.1) is 0 Å². The van der Waals surface area contributed by atoms with Gasteiger partial charge in [-0.25, -0.2) is 9.59 Å². The van der Waals surface area contributed by atoms with Crippen molar-refractivity contribution in [2.24, 2.45) is 5.73 Å². The number of pyridine rings is 1.